The lowest BCUT2D eigenvalue weighted by molar-refractivity contribution is 0.0527. The summed E-state index contributed by atoms with van der Waals surface area (Å²) in [5.41, 5.74) is 7.51. The molecule has 76 valence electrons. The Morgan fingerprint density at radius 2 is 2.21 bits per heavy atom. The molecular weight excluding hydrogens is 246 g/mol. The van der Waals surface area contributed by atoms with E-state index in [0.29, 0.717) is 17.9 Å². The number of nitrogens with two attached hydrogens (primary N) is 1. The van der Waals surface area contributed by atoms with Gasteiger partial charge < -0.3 is 10.5 Å². The minimum Gasteiger partial charge on any atom is -0.462 e. The third-order valence-corrected chi connectivity index (χ3v) is 2.68. The van der Waals surface area contributed by atoms with Gasteiger partial charge in [0.05, 0.1) is 12.2 Å². The number of rotatable bonds is 2. The van der Waals surface area contributed by atoms with Crippen LogP contribution in [0.3, 0.4) is 0 Å². The van der Waals surface area contributed by atoms with Crippen LogP contribution in [0.15, 0.2) is 16.6 Å². The van der Waals surface area contributed by atoms with Gasteiger partial charge >= 0.3 is 5.97 Å². The number of halogens is 1. The molecule has 0 heterocycles. The summed E-state index contributed by atoms with van der Waals surface area (Å²) in [6.45, 7) is 4.01. The molecule has 1 rings (SSSR count). The molecule has 0 aliphatic heterocycles. The first-order valence-corrected chi connectivity index (χ1v) is 5.08. The second kappa shape index (κ2) is 4.46. The standard InChI is InChI=1S/C10H12BrNO2/c1-3-14-10(13)7-4-6(2)8(11)5-9(7)12/h4-5H,3,12H2,1-2H3. The second-order valence-electron chi connectivity index (χ2n) is 2.91. The van der Waals surface area contributed by atoms with Gasteiger partial charge in [-0.15, -0.1) is 0 Å². The third-order valence-electron chi connectivity index (χ3n) is 1.83. The van der Waals surface area contributed by atoms with Crippen molar-refractivity contribution < 1.29 is 9.53 Å². The predicted octanol–water partition coefficient (Wildman–Crippen LogP) is 2.52. The van der Waals surface area contributed by atoms with Gasteiger partial charge in [-0.05, 0) is 31.5 Å². The molecule has 0 aliphatic rings. The van der Waals surface area contributed by atoms with Crippen LogP contribution in [0.2, 0.25) is 0 Å². The Hall–Kier alpha value is -1.03. The molecule has 0 atom stereocenters. The summed E-state index contributed by atoms with van der Waals surface area (Å²) < 4.78 is 5.76. The van der Waals surface area contributed by atoms with Crippen LogP contribution in [0.5, 0.6) is 0 Å². The van der Waals surface area contributed by atoms with E-state index >= 15 is 0 Å². The van der Waals surface area contributed by atoms with Gasteiger partial charge in [-0.25, -0.2) is 4.79 Å². The molecule has 0 fully saturated rings. The summed E-state index contributed by atoms with van der Waals surface area (Å²) in [5, 5.41) is 0. The average molecular weight is 258 g/mol. The summed E-state index contributed by atoms with van der Waals surface area (Å²) in [7, 11) is 0. The molecule has 0 bridgehead atoms. The molecule has 1 aromatic rings. The molecule has 3 nitrogen and oxygen atoms in total. The van der Waals surface area contributed by atoms with Gasteiger partial charge in [0.2, 0.25) is 0 Å². The molecule has 0 saturated heterocycles. The monoisotopic (exact) mass is 257 g/mol. The van der Waals surface area contributed by atoms with E-state index in [1.165, 1.54) is 0 Å². The lowest BCUT2D eigenvalue weighted by Gasteiger charge is -2.07. The first-order valence-electron chi connectivity index (χ1n) is 4.29. The maximum atomic E-state index is 11.4. The van der Waals surface area contributed by atoms with Gasteiger partial charge in [-0.3, -0.25) is 0 Å². The lowest BCUT2D eigenvalue weighted by Crippen LogP contribution is -2.08. The minimum absolute atomic E-state index is 0.355. The van der Waals surface area contributed by atoms with E-state index < -0.39 is 0 Å². The highest BCUT2D eigenvalue weighted by Crippen LogP contribution is 2.23. The predicted molar refractivity (Wildman–Crippen MR) is 59.2 cm³/mol. The number of hydrogen-bond donors (Lipinski definition) is 1. The summed E-state index contributed by atoms with van der Waals surface area (Å²) >= 11 is 3.34. The van der Waals surface area contributed by atoms with Crippen LogP contribution in [-0.4, -0.2) is 12.6 Å². The first kappa shape index (κ1) is 11.0. The molecule has 0 spiro atoms. The van der Waals surface area contributed by atoms with Crippen LogP contribution in [0, 0.1) is 6.92 Å². The molecule has 14 heavy (non-hydrogen) atoms. The van der Waals surface area contributed by atoms with Crippen molar-refractivity contribution in [3.8, 4) is 0 Å². The molecule has 0 radical (unpaired) electrons. The highest BCUT2D eigenvalue weighted by molar-refractivity contribution is 9.10. The topological polar surface area (TPSA) is 52.3 Å². The molecule has 0 aliphatic carbocycles. The number of ether oxygens (including phenoxy) is 1. The van der Waals surface area contributed by atoms with Crippen LogP contribution in [-0.2, 0) is 4.74 Å². The van der Waals surface area contributed by atoms with E-state index in [4.69, 9.17) is 10.5 Å². The molecule has 0 unspecified atom stereocenters. The zero-order valence-electron chi connectivity index (χ0n) is 8.13. The van der Waals surface area contributed by atoms with E-state index in [0.717, 1.165) is 10.0 Å². The average Bonchev–Trinajstić information content (AvgIpc) is 2.11. The Kier molecular flexibility index (Phi) is 3.52. The van der Waals surface area contributed by atoms with Crippen molar-refractivity contribution >= 4 is 27.6 Å². The number of carbonyl (C=O) groups excluding carboxylic acids is 1. The highest BCUT2D eigenvalue weighted by atomic mass is 79.9. The van der Waals surface area contributed by atoms with Gasteiger partial charge in [0.25, 0.3) is 0 Å². The van der Waals surface area contributed by atoms with Crippen molar-refractivity contribution in [2.24, 2.45) is 0 Å². The smallest absolute Gasteiger partial charge is 0.340 e. The fourth-order valence-corrected chi connectivity index (χ4v) is 1.44. The van der Waals surface area contributed by atoms with Crippen molar-refractivity contribution in [1.29, 1.82) is 0 Å². The Morgan fingerprint density at radius 3 is 2.79 bits per heavy atom. The molecule has 2 N–H and O–H groups in total. The number of carbonyl (C=O) groups is 1. The SMILES string of the molecule is CCOC(=O)c1cc(C)c(Br)cc1N. The number of esters is 1. The van der Waals surface area contributed by atoms with E-state index in [2.05, 4.69) is 15.9 Å². The van der Waals surface area contributed by atoms with Crippen molar-refractivity contribution in [3.05, 3.63) is 27.7 Å². The molecule has 1 aromatic carbocycles. The van der Waals surface area contributed by atoms with Gasteiger partial charge in [0.15, 0.2) is 0 Å². The largest absolute Gasteiger partial charge is 0.462 e. The third kappa shape index (κ3) is 2.26. The summed E-state index contributed by atoms with van der Waals surface area (Å²) in [6.07, 6.45) is 0. The summed E-state index contributed by atoms with van der Waals surface area (Å²) in [5.74, 6) is -0.374. The molecule has 0 amide bonds. The molecule has 4 heteroatoms. The van der Waals surface area contributed by atoms with Gasteiger partial charge in [-0.2, -0.15) is 0 Å². The van der Waals surface area contributed by atoms with Crippen molar-refractivity contribution in [1.82, 2.24) is 0 Å². The first-order chi connectivity index (χ1) is 6.56. The number of hydrogen-bond acceptors (Lipinski definition) is 3. The molecule has 0 saturated carbocycles. The quantitative estimate of drug-likeness (QED) is 0.655. The van der Waals surface area contributed by atoms with Gasteiger partial charge in [0.1, 0.15) is 0 Å². The Labute approximate surface area is 91.4 Å². The van der Waals surface area contributed by atoms with Gasteiger partial charge in [0, 0.05) is 10.2 Å². The van der Waals surface area contributed by atoms with E-state index in [1.807, 2.05) is 6.92 Å². The molecular formula is C10H12BrNO2. The normalized spacial score (nSPS) is 9.93. The Bertz CT molecular complexity index is 363. The molecule has 0 aromatic heterocycles. The fraction of sp³-hybridized carbons (Fsp3) is 0.300. The van der Waals surface area contributed by atoms with E-state index in [-0.39, 0.29) is 5.97 Å². The number of benzene rings is 1. The van der Waals surface area contributed by atoms with Crippen LogP contribution in [0.25, 0.3) is 0 Å². The maximum absolute atomic E-state index is 11.4. The van der Waals surface area contributed by atoms with Crippen LogP contribution in [0.1, 0.15) is 22.8 Å². The zero-order chi connectivity index (χ0) is 10.7. The van der Waals surface area contributed by atoms with E-state index in [9.17, 15) is 4.79 Å². The van der Waals surface area contributed by atoms with Crippen molar-refractivity contribution in [2.75, 3.05) is 12.3 Å². The maximum Gasteiger partial charge on any atom is 0.340 e. The number of nitrogen functional groups attached to an aromatic ring is 1. The summed E-state index contributed by atoms with van der Waals surface area (Å²) in [4.78, 5) is 11.4. The van der Waals surface area contributed by atoms with E-state index in [1.54, 1.807) is 19.1 Å². The Balaban J connectivity index is 3.09. The van der Waals surface area contributed by atoms with Crippen molar-refractivity contribution in [3.63, 3.8) is 0 Å². The zero-order valence-corrected chi connectivity index (χ0v) is 9.72. The second-order valence-corrected chi connectivity index (χ2v) is 3.76. The van der Waals surface area contributed by atoms with Crippen molar-refractivity contribution in [2.45, 2.75) is 13.8 Å². The minimum atomic E-state index is -0.374. The highest BCUT2D eigenvalue weighted by Gasteiger charge is 2.12. The number of aryl methyl sites for hydroxylation is 1. The van der Waals surface area contributed by atoms with Crippen LogP contribution >= 0.6 is 15.9 Å². The number of anilines is 1. The summed E-state index contributed by atoms with van der Waals surface area (Å²) in [6, 6.07) is 3.43. The van der Waals surface area contributed by atoms with Crippen LogP contribution < -0.4 is 5.73 Å². The lowest BCUT2D eigenvalue weighted by atomic mass is 10.1. The Morgan fingerprint density at radius 1 is 1.57 bits per heavy atom. The van der Waals surface area contributed by atoms with Gasteiger partial charge in [-0.1, -0.05) is 15.9 Å². The fourth-order valence-electron chi connectivity index (χ4n) is 1.08. The van der Waals surface area contributed by atoms with Crippen LogP contribution in [0.4, 0.5) is 5.69 Å².